The Labute approximate surface area is 122 Å². The van der Waals surface area contributed by atoms with Crippen molar-refractivity contribution in [3.05, 3.63) is 17.5 Å². The Balaban J connectivity index is 2.21. The normalized spacial score (nSPS) is 33.0. The van der Waals surface area contributed by atoms with Gasteiger partial charge in [-0.3, -0.25) is 0 Å². The molecule has 0 unspecified atom stereocenters. The van der Waals surface area contributed by atoms with Gasteiger partial charge in [-0.05, 0) is 19.9 Å². The summed E-state index contributed by atoms with van der Waals surface area (Å²) in [6.45, 7) is 3.14. The third kappa shape index (κ3) is 3.47. The summed E-state index contributed by atoms with van der Waals surface area (Å²) >= 11 is 0. The monoisotopic (exact) mass is 300 g/mol. The van der Waals surface area contributed by atoms with Crippen LogP contribution < -0.4 is 4.74 Å². The number of aliphatic hydroxyl groups is 3. The molecule has 0 amide bonds. The highest BCUT2D eigenvalue weighted by atomic mass is 16.7. The van der Waals surface area contributed by atoms with E-state index < -0.39 is 37.3 Å². The quantitative estimate of drug-likeness (QED) is 0.644. The third-order valence-corrected chi connectivity index (χ3v) is 3.26. The summed E-state index contributed by atoms with van der Waals surface area (Å²) in [4.78, 5) is 8.20. The van der Waals surface area contributed by atoms with Gasteiger partial charge in [0.1, 0.15) is 18.3 Å². The second-order valence-electron chi connectivity index (χ2n) is 4.96. The van der Waals surface area contributed by atoms with Gasteiger partial charge in [0.2, 0.25) is 0 Å². The third-order valence-electron chi connectivity index (χ3n) is 3.26. The van der Waals surface area contributed by atoms with Crippen LogP contribution in [0.1, 0.15) is 11.4 Å². The highest BCUT2D eigenvalue weighted by Crippen LogP contribution is 2.24. The van der Waals surface area contributed by atoms with Gasteiger partial charge in [0.05, 0.1) is 6.61 Å². The molecule has 0 aromatic carbocycles. The minimum absolute atomic E-state index is 0.0454. The molecule has 3 N–H and O–H groups in total. The zero-order chi connectivity index (χ0) is 15.6. The average Bonchev–Trinajstić information content (AvgIpc) is 2.43. The molecule has 1 aromatic rings. The molecule has 0 saturated carbocycles. The van der Waals surface area contributed by atoms with E-state index in [1.165, 1.54) is 7.11 Å². The largest absolute Gasteiger partial charge is 0.454 e. The number of aromatic nitrogens is 2. The fourth-order valence-electron chi connectivity index (χ4n) is 2.26. The standard InChI is InChI=1S/C13H20N2O6/c1-6-4-7(2)15-13(14-6)21-11-9(17)8(5-16)20-12(19-3)10(11)18/h4,8-12,16-18H,5H2,1-3H3/t8-,9-,10-,11+,12+/m1/s1. The average molecular weight is 300 g/mol. The van der Waals surface area contributed by atoms with Crippen molar-refractivity contribution in [1.82, 2.24) is 9.97 Å². The molecule has 1 aliphatic heterocycles. The van der Waals surface area contributed by atoms with Crippen molar-refractivity contribution >= 4 is 0 Å². The maximum Gasteiger partial charge on any atom is 0.317 e. The molecule has 2 heterocycles. The van der Waals surface area contributed by atoms with Crippen LogP contribution in [0.3, 0.4) is 0 Å². The van der Waals surface area contributed by atoms with Gasteiger partial charge in [-0.1, -0.05) is 0 Å². The fourth-order valence-corrected chi connectivity index (χ4v) is 2.26. The molecule has 1 aromatic heterocycles. The molecule has 0 bridgehead atoms. The van der Waals surface area contributed by atoms with E-state index >= 15 is 0 Å². The lowest BCUT2D eigenvalue weighted by Crippen LogP contribution is -2.61. The van der Waals surface area contributed by atoms with Gasteiger partial charge in [0.25, 0.3) is 0 Å². The highest BCUT2D eigenvalue weighted by molar-refractivity contribution is 5.12. The summed E-state index contributed by atoms with van der Waals surface area (Å²) in [6, 6.07) is 1.82. The molecule has 1 fully saturated rings. The molecule has 8 nitrogen and oxygen atoms in total. The van der Waals surface area contributed by atoms with Crippen LogP contribution in [0, 0.1) is 13.8 Å². The number of hydrogen-bond donors (Lipinski definition) is 3. The van der Waals surface area contributed by atoms with Gasteiger partial charge < -0.3 is 29.5 Å². The summed E-state index contributed by atoms with van der Waals surface area (Å²) in [5.41, 5.74) is 1.41. The van der Waals surface area contributed by atoms with Crippen molar-refractivity contribution in [3.8, 4) is 6.01 Å². The van der Waals surface area contributed by atoms with E-state index in [2.05, 4.69) is 9.97 Å². The second-order valence-corrected chi connectivity index (χ2v) is 4.96. The molecule has 8 heteroatoms. The van der Waals surface area contributed by atoms with Gasteiger partial charge in [-0.2, -0.15) is 0 Å². The Morgan fingerprint density at radius 1 is 1.19 bits per heavy atom. The molecule has 21 heavy (non-hydrogen) atoms. The van der Waals surface area contributed by atoms with Crippen molar-refractivity contribution in [1.29, 1.82) is 0 Å². The van der Waals surface area contributed by atoms with Gasteiger partial charge >= 0.3 is 6.01 Å². The SMILES string of the molecule is CO[C@H]1O[C@H](CO)[C@@H](O)[C@H](Oc2nc(C)cc(C)n2)[C@H]1O. The molecule has 5 atom stereocenters. The second kappa shape index (κ2) is 6.63. The first-order valence-electron chi connectivity index (χ1n) is 6.60. The number of hydrogen-bond acceptors (Lipinski definition) is 8. The van der Waals surface area contributed by atoms with Crippen LogP contribution in [0.25, 0.3) is 0 Å². The van der Waals surface area contributed by atoms with Gasteiger partial charge in [0, 0.05) is 18.5 Å². The lowest BCUT2D eigenvalue weighted by Gasteiger charge is -2.40. The minimum Gasteiger partial charge on any atom is -0.454 e. The Hall–Kier alpha value is -1.32. The summed E-state index contributed by atoms with van der Waals surface area (Å²) in [5.74, 6) is 0. The van der Waals surface area contributed by atoms with Gasteiger partial charge in [-0.25, -0.2) is 9.97 Å². The Kier molecular flexibility index (Phi) is 5.07. The first kappa shape index (κ1) is 16.1. The molecular formula is C13H20N2O6. The van der Waals surface area contributed by atoms with Crippen LogP contribution in [-0.4, -0.2) is 69.7 Å². The number of aliphatic hydroxyl groups excluding tert-OH is 3. The molecule has 1 saturated heterocycles. The van der Waals surface area contributed by atoms with Crippen LogP contribution in [-0.2, 0) is 9.47 Å². The zero-order valence-corrected chi connectivity index (χ0v) is 12.1. The number of ether oxygens (including phenoxy) is 3. The molecule has 1 aliphatic rings. The Bertz CT molecular complexity index is 449. The van der Waals surface area contributed by atoms with Crippen LogP contribution in [0.5, 0.6) is 6.01 Å². The van der Waals surface area contributed by atoms with Crippen molar-refractivity contribution in [3.63, 3.8) is 0 Å². The van der Waals surface area contributed by atoms with E-state index in [9.17, 15) is 15.3 Å². The van der Waals surface area contributed by atoms with Crippen molar-refractivity contribution in [2.75, 3.05) is 13.7 Å². The molecular weight excluding hydrogens is 280 g/mol. The molecule has 0 radical (unpaired) electrons. The number of aryl methyl sites for hydroxylation is 2. The Morgan fingerprint density at radius 3 is 2.33 bits per heavy atom. The van der Waals surface area contributed by atoms with Crippen molar-refractivity contribution < 1.29 is 29.5 Å². The van der Waals surface area contributed by atoms with Crippen LogP contribution in [0.4, 0.5) is 0 Å². The van der Waals surface area contributed by atoms with E-state index in [1.807, 2.05) is 0 Å². The molecule has 2 rings (SSSR count). The maximum absolute atomic E-state index is 10.1. The summed E-state index contributed by atoms with van der Waals surface area (Å²) in [7, 11) is 1.35. The van der Waals surface area contributed by atoms with Crippen molar-refractivity contribution in [2.24, 2.45) is 0 Å². The van der Waals surface area contributed by atoms with Crippen LogP contribution in [0.15, 0.2) is 6.07 Å². The van der Waals surface area contributed by atoms with Crippen LogP contribution in [0.2, 0.25) is 0 Å². The van der Waals surface area contributed by atoms with Gasteiger partial charge in [0.15, 0.2) is 12.4 Å². The van der Waals surface area contributed by atoms with E-state index in [-0.39, 0.29) is 6.01 Å². The van der Waals surface area contributed by atoms with Gasteiger partial charge in [-0.15, -0.1) is 0 Å². The number of nitrogens with zero attached hydrogens (tertiary/aromatic N) is 2. The predicted molar refractivity (Wildman–Crippen MR) is 70.7 cm³/mol. The number of methoxy groups -OCH3 is 1. The molecule has 118 valence electrons. The maximum atomic E-state index is 10.1. The lowest BCUT2D eigenvalue weighted by atomic mass is 9.99. The Morgan fingerprint density at radius 2 is 1.81 bits per heavy atom. The van der Waals surface area contributed by atoms with Crippen molar-refractivity contribution in [2.45, 2.75) is 44.6 Å². The molecule has 0 aliphatic carbocycles. The van der Waals surface area contributed by atoms with E-state index in [4.69, 9.17) is 14.2 Å². The van der Waals surface area contributed by atoms with Crippen LogP contribution >= 0.6 is 0 Å². The summed E-state index contributed by atoms with van der Waals surface area (Å²) in [5, 5.41) is 29.5. The smallest absolute Gasteiger partial charge is 0.317 e. The van der Waals surface area contributed by atoms with E-state index in [1.54, 1.807) is 19.9 Å². The van der Waals surface area contributed by atoms with E-state index in [0.717, 1.165) is 0 Å². The molecule has 0 spiro atoms. The predicted octanol–water partition coefficient (Wildman–Crippen LogP) is -1.07. The first-order chi connectivity index (χ1) is 9.96. The number of rotatable bonds is 4. The fraction of sp³-hybridized carbons (Fsp3) is 0.692. The summed E-state index contributed by atoms with van der Waals surface area (Å²) < 4.78 is 15.7. The minimum atomic E-state index is -1.24. The zero-order valence-electron chi connectivity index (χ0n) is 12.1. The lowest BCUT2D eigenvalue weighted by molar-refractivity contribution is -0.290. The van der Waals surface area contributed by atoms with E-state index in [0.29, 0.717) is 11.4 Å². The highest BCUT2D eigenvalue weighted by Gasteiger charge is 2.46. The topological polar surface area (TPSA) is 114 Å². The summed E-state index contributed by atoms with van der Waals surface area (Å²) in [6.07, 6.45) is -5.48. The first-order valence-corrected chi connectivity index (χ1v) is 6.60.